The summed E-state index contributed by atoms with van der Waals surface area (Å²) in [4.78, 5) is 18.2. The monoisotopic (exact) mass is 396 g/mol. The fourth-order valence-electron chi connectivity index (χ4n) is 3.30. The molecule has 2 aromatic rings. The molecule has 1 amide bonds. The lowest BCUT2D eigenvalue weighted by Crippen LogP contribution is -2.41. The summed E-state index contributed by atoms with van der Waals surface area (Å²) >= 11 is 0. The van der Waals surface area contributed by atoms with Crippen molar-refractivity contribution in [2.75, 3.05) is 38.4 Å². The standard InChI is InChI=1S/C21H24N4O4/c1-22-21(24-12-15-7-8-18-19(11-15)29-14-28-18)23-9-4-10-25-16-5-2-3-6-17(16)27-13-20(25)26/h2-3,5-8,11H,4,9-10,12-14H2,1H3,(H2,22,23,24). The Bertz CT molecular complexity index is 915. The number of para-hydroxylation sites is 2. The summed E-state index contributed by atoms with van der Waals surface area (Å²) < 4.78 is 16.2. The normalized spacial score (nSPS) is 15.0. The Labute approximate surface area is 169 Å². The van der Waals surface area contributed by atoms with E-state index in [1.165, 1.54) is 0 Å². The Balaban J connectivity index is 1.24. The number of rotatable bonds is 6. The Morgan fingerprint density at radius 2 is 1.93 bits per heavy atom. The molecular formula is C21H24N4O4. The van der Waals surface area contributed by atoms with Crippen molar-refractivity contribution in [3.05, 3.63) is 48.0 Å². The number of nitrogens with zero attached hydrogens (tertiary/aromatic N) is 2. The van der Waals surface area contributed by atoms with Gasteiger partial charge in [0, 0.05) is 26.7 Å². The number of hydrogen-bond donors (Lipinski definition) is 2. The molecule has 2 N–H and O–H groups in total. The second-order valence-electron chi connectivity index (χ2n) is 6.70. The molecule has 2 aromatic carbocycles. The minimum atomic E-state index is -0.0194. The van der Waals surface area contributed by atoms with Crippen molar-refractivity contribution in [1.29, 1.82) is 0 Å². The number of anilines is 1. The van der Waals surface area contributed by atoms with Crippen LogP contribution >= 0.6 is 0 Å². The summed E-state index contributed by atoms with van der Waals surface area (Å²) in [5.41, 5.74) is 1.90. The van der Waals surface area contributed by atoms with Gasteiger partial charge < -0.3 is 29.7 Å². The zero-order chi connectivity index (χ0) is 20.1. The molecule has 8 heteroatoms. The summed E-state index contributed by atoms with van der Waals surface area (Å²) in [7, 11) is 1.73. The first kappa shape index (κ1) is 18.9. The van der Waals surface area contributed by atoms with Crippen LogP contribution in [0.1, 0.15) is 12.0 Å². The van der Waals surface area contributed by atoms with Crippen LogP contribution < -0.4 is 29.7 Å². The topological polar surface area (TPSA) is 84.4 Å². The van der Waals surface area contributed by atoms with Gasteiger partial charge in [0.2, 0.25) is 6.79 Å². The first-order chi connectivity index (χ1) is 14.2. The molecule has 2 heterocycles. The van der Waals surface area contributed by atoms with Crippen molar-refractivity contribution in [1.82, 2.24) is 10.6 Å². The highest BCUT2D eigenvalue weighted by atomic mass is 16.7. The maximum Gasteiger partial charge on any atom is 0.265 e. The third-order valence-electron chi connectivity index (χ3n) is 4.78. The van der Waals surface area contributed by atoms with Gasteiger partial charge in [-0.3, -0.25) is 9.79 Å². The highest BCUT2D eigenvalue weighted by Gasteiger charge is 2.24. The molecule has 0 bridgehead atoms. The quantitative estimate of drug-likeness (QED) is 0.441. The third kappa shape index (κ3) is 4.37. The number of fused-ring (bicyclic) bond motifs is 2. The van der Waals surface area contributed by atoms with Gasteiger partial charge in [-0.1, -0.05) is 18.2 Å². The van der Waals surface area contributed by atoms with Gasteiger partial charge in [0.25, 0.3) is 5.91 Å². The van der Waals surface area contributed by atoms with Crippen LogP contribution in [0.5, 0.6) is 17.2 Å². The highest BCUT2D eigenvalue weighted by Crippen LogP contribution is 2.32. The Kier molecular flexibility index (Phi) is 5.69. The van der Waals surface area contributed by atoms with E-state index >= 15 is 0 Å². The fraction of sp³-hybridized carbons (Fsp3) is 0.333. The van der Waals surface area contributed by atoms with E-state index in [9.17, 15) is 4.79 Å². The molecule has 4 rings (SSSR count). The molecule has 0 spiro atoms. The molecular weight excluding hydrogens is 372 g/mol. The molecule has 0 atom stereocenters. The van der Waals surface area contributed by atoms with E-state index in [0.29, 0.717) is 25.6 Å². The van der Waals surface area contributed by atoms with Crippen LogP contribution in [0.2, 0.25) is 0 Å². The number of guanidine groups is 1. The van der Waals surface area contributed by atoms with Crippen LogP contribution in [0.4, 0.5) is 5.69 Å². The molecule has 0 saturated heterocycles. The predicted molar refractivity (Wildman–Crippen MR) is 110 cm³/mol. The molecule has 2 aliphatic rings. The number of benzene rings is 2. The maximum absolute atomic E-state index is 12.2. The lowest BCUT2D eigenvalue weighted by molar-refractivity contribution is -0.121. The average molecular weight is 396 g/mol. The zero-order valence-electron chi connectivity index (χ0n) is 16.3. The van der Waals surface area contributed by atoms with E-state index < -0.39 is 0 Å². The molecule has 2 aliphatic heterocycles. The summed E-state index contributed by atoms with van der Waals surface area (Å²) in [5, 5.41) is 6.57. The number of hydrogen-bond acceptors (Lipinski definition) is 5. The van der Waals surface area contributed by atoms with Crippen LogP contribution in [-0.4, -0.2) is 45.4 Å². The molecule has 152 valence electrons. The number of ether oxygens (including phenoxy) is 3. The Morgan fingerprint density at radius 3 is 2.83 bits per heavy atom. The number of carbonyl (C=O) groups is 1. The molecule has 8 nitrogen and oxygen atoms in total. The number of carbonyl (C=O) groups excluding carboxylic acids is 1. The van der Waals surface area contributed by atoms with E-state index in [1.807, 2.05) is 42.5 Å². The first-order valence-electron chi connectivity index (χ1n) is 9.60. The molecule has 0 fully saturated rings. The molecule has 0 unspecified atom stereocenters. The van der Waals surface area contributed by atoms with Crippen molar-refractivity contribution in [3.8, 4) is 17.2 Å². The van der Waals surface area contributed by atoms with Gasteiger partial charge in [-0.25, -0.2) is 0 Å². The van der Waals surface area contributed by atoms with E-state index in [-0.39, 0.29) is 19.3 Å². The lowest BCUT2D eigenvalue weighted by Gasteiger charge is -2.29. The Hall–Kier alpha value is -3.42. The molecule has 29 heavy (non-hydrogen) atoms. The lowest BCUT2D eigenvalue weighted by atomic mass is 10.2. The predicted octanol–water partition coefficient (Wildman–Crippen LogP) is 1.90. The van der Waals surface area contributed by atoms with Gasteiger partial charge in [-0.05, 0) is 36.2 Å². The third-order valence-corrected chi connectivity index (χ3v) is 4.78. The summed E-state index contributed by atoms with van der Waals surface area (Å²) in [6, 6.07) is 13.5. The van der Waals surface area contributed by atoms with E-state index in [1.54, 1.807) is 11.9 Å². The largest absolute Gasteiger partial charge is 0.482 e. The SMILES string of the molecule is CN=C(NCCCN1C(=O)COc2ccccc21)NCc1ccc2c(c1)OCO2. The molecule has 0 radical (unpaired) electrons. The fourth-order valence-corrected chi connectivity index (χ4v) is 3.30. The zero-order valence-corrected chi connectivity index (χ0v) is 16.3. The van der Waals surface area contributed by atoms with Gasteiger partial charge in [-0.2, -0.15) is 0 Å². The van der Waals surface area contributed by atoms with Gasteiger partial charge in [-0.15, -0.1) is 0 Å². The second-order valence-corrected chi connectivity index (χ2v) is 6.70. The van der Waals surface area contributed by atoms with Crippen LogP contribution in [0.25, 0.3) is 0 Å². The van der Waals surface area contributed by atoms with Crippen LogP contribution in [0.15, 0.2) is 47.5 Å². The van der Waals surface area contributed by atoms with E-state index in [4.69, 9.17) is 14.2 Å². The molecule has 0 saturated carbocycles. The van der Waals surface area contributed by atoms with Gasteiger partial charge in [0.15, 0.2) is 24.1 Å². The first-order valence-corrected chi connectivity index (χ1v) is 9.60. The van der Waals surface area contributed by atoms with Gasteiger partial charge in [0.1, 0.15) is 5.75 Å². The summed E-state index contributed by atoms with van der Waals surface area (Å²) in [6.07, 6.45) is 0.783. The van der Waals surface area contributed by atoms with Crippen molar-refractivity contribution in [3.63, 3.8) is 0 Å². The minimum Gasteiger partial charge on any atom is -0.482 e. The van der Waals surface area contributed by atoms with E-state index in [2.05, 4.69) is 15.6 Å². The number of aliphatic imine (C=N–C) groups is 1. The molecule has 0 aliphatic carbocycles. The minimum absolute atomic E-state index is 0.0194. The number of nitrogens with one attached hydrogen (secondary N) is 2. The smallest absolute Gasteiger partial charge is 0.265 e. The van der Waals surface area contributed by atoms with Crippen molar-refractivity contribution >= 4 is 17.6 Å². The summed E-state index contributed by atoms with van der Waals surface area (Å²) in [6.45, 7) is 2.28. The van der Waals surface area contributed by atoms with Crippen molar-refractivity contribution in [2.45, 2.75) is 13.0 Å². The maximum atomic E-state index is 12.2. The summed E-state index contributed by atoms with van der Waals surface area (Å²) in [5.74, 6) is 2.98. The number of amides is 1. The average Bonchev–Trinajstić information content (AvgIpc) is 3.22. The van der Waals surface area contributed by atoms with Crippen LogP contribution in [0, 0.1) is 0 Å². The van der Waals surface area contributed by atoms with Crippen LogP contribution in [0.3, 0.4) is 0 Å². The van der Waals surface area contributed by atoms with Crippen molar-refractivity contribution in [2.24, 2.45) is 4.99 Å². The highest BCUT2D eigenvalue weighted by molar-refractivity contribution is 5.97. The van der Waals surface area contributed by atoms with E-state index in [0.717, 1.165) is 34.9 Å². The van der Waals surface area contributed by atoms with Gasteiger partial charge in [0.05, 0.1) is 5.69 Å². The van der Waals surface area contributed by atoms with Crippen molar-refractivity contribution < 1.29 is 19.0 Å². The van der Waals surface area contributed by atoms with Gasteiger partial charge >= 0.3 is 0 Å². The second kappa shape index (κ2) is 8.72. The molecule has 0 aromatic heterocycles. The van der Waals surface area contributed by atoms with Crippen LogP contribution in [-0.2, 0) is 11.3 Å². The Morgan fingerprint density at radius 1 is 1.07 bits per heavy atom.